The van der Waals surface area contributed by atoms with Crippen molar-refractivity contribution < 1.29 is 14.6 Å². The molecule has 2 aromatic rings. The van der Waals surface area contributed by atoms with Crippen molar-refractivity contribution >= 4 is 11.7 Å². The number of urea groups is 1. The molecule has 0 radical (unpaired) electrons. The van der Waals surface area contributed by atoms with Gasteiger partial charge in [0.2, 0.25) is 0 Å². The van der Waals surface area contributed by atoms with Crippen LogP contribution in [0.3, 0.4) is 0 Å². The molecule has 1 unspecified atom stereocenters. The molecule has 2 aromatic carbocycles. The van der Waals surface area contributed by atoms with E-state index in [-0.39, 0.29) is 17.8 Å². The molecule has 5 heteroatoms. The first-order valence-corrected chi connectivity index (χ1v) is 6.59. The third kappa shape index (κ3) is 4.14. The number of anilines is 1. The van der Waals surface area contributed by atoms with E-state index in [4.69, 9.17) is 4.74 Å². The Hall–Kier alpha value is -2.69. The molecule has 5 nitrogen and oxygen atoms in total. The lowest BCUT2D eigenvalue weighted by atomic mass is 10.1. The molecule has 0 saturated heterocycles. The van der Waals surface area contributed by atoms with Gasteiger partial charge in [-0.1, -0.05) is 18.2 Å². The fraction of sp³-hybridized carbons (Fsp3) is 0.188. The third-order valence-electron chi connectivity index (χ3n) is 3.07. The van der Waals surface area contributed by atoms with Gasteiger partial charge in [0, 0.05) is 11.8 Å². The van der Waals surface area contributed by atoms with Crippen LogP contribution in [0, 0.1) is 0 Å². The maximum Gasteiger partial charge on any atom is 0.319 e. The van der Waals surface area contributed by atoms with Crippen LogP contribution in [0.5, 0.6) is 11.5 Å². The first kappa shape index (κ1) is 14.7. The highest BCUT2D eigenvalue weighted by Gasteiger charge is 2.09. The van der Waals surface area contributed by atoms with Crippen molar-refractivity contribution in [2.24, 2.45) is 0 Å². The number of aromatic hydroxyl groups is 1. The lowest BCUT2D eigenvalue weighted by Crippen LogP contribution is -2.31. The molecular formula is C16H18N2O3. The predicted octanol–water partition coefficient (Wildman–Crippen LogP) is 3.28. The molecule has 0 heterocycles. The van der Waals surface area contributed by atoms with E-state index in [0.29, 0.717) is 5.69 Å². The molecule has 0 bridgehead atoms. The van der Waals surface area contributed by atoms with Gasteiger partial charge in [0.25, 0.3) is 0 Å². The first-order chi connectivity index (χ1) is 10.1. The van der Waals surface area contributed by atoms with Gasteiger partial charge in [-0.3, -0.25) is 0 Å². The van der Waals surface area contributed by atoms with Crippen LogP contribution in [-0.4, -0.2) is 18.2 Å². The molecular weight excluding hydrogens is 268 g/mol. The highest BCUT2D eigenvalue weighted by molar-refractivity contribution is 5.89. The minimum Gasteiger partial charge on any atom is -0.508 e. The SMILES string of the molecule is COc1ccc(C(C)NC(=O)Nc2cccc(O)c2)cc1. The van der Waals surface area contributed by atoms with E-state index >= 15 is 0 Å². The highest BCUT2D eigenvalue weighted by Crippen LogP contribution is 2.18. The molecule has 110 valence electrons. The second-order valence-electron chi connectivity index (χ2n) is 4.64. The van der Waals surface area contributed by atoms with Crippen molar-refractivity contribution in [3.63, 3.8) is 0 Å². The van der Waals surface area contributed by atoms with Crippen molar-refractivity contribution in [3.8, 4) is 11.5 Å². The second kappa shape index (κ2) is 6.65. The van der Waals surface area contributed by atoms with Crippen molar-refractivity contribution in [1.82, 2.24) is 5.32 Å². The third-order valence-corrected chi connectivity index (χ3v) is 3.07. The molecule has 0 fully saturated rings. The number of hydrogen-bond acceptors (Lipinski definition) is 3. The number of benzene rings is 2. The van der Waals surface area contributed by atoms with Gasteiger partial charge >= 0.3 is 6.03 Å². The van der Waals surface area contributed by atoms with Crippen LogP contribution in [0.25, 0.3) is 0 Å². The van der Waals surface area contributed by atoms with Gasteiger partial charge in [-0.2, -0.15) is 0 Å². The van der Waals surface area contributed by atoms with E-state index in [1.54, 1.807) is 25.3 Å². The molecule has 0 aliphatic heterocycles. The van der Waals surface area contributed by atoms with Gasteiger partial charge in [-0.15, -0.1) is 0 Å². The summed E-state index contributed by atoms with van der Waals surface area (Å²) in [6.07, 6.45) is 0. The number of carbonyl (C=O) groups excluding carboxylic acids is 1. The van der Waals surface area contributed by atoms with Crippen molar-refractivity contribution in [2.75, 3.05) is 12.4 Å². The number of ether oxygens (including phenoxy) is 1. The van der Waals surface area contributed by atoms with Gasteiger partial charge in [-0.25, -0.2) is 4.79 Å². The number of nitrogens with one attached hydrogen (secondary N) is 2. The van der Waals surface area contributed by atoms with E-state index in [9.17, 15) is 9.90 Å². The summed E-state index contributed by atoms with van der Waals surface area (Å²) in [5.41, 5.74) is 1.51. The maximum absolute atomic E-state index is 11.9. The van der Waals surface area contributed by atoms with Crippen LogP contribution in [0.4, 0.5) is 10.5 Å². The normalized spacial score (nSPS) is 11.5. The molecule has 2 amide bonds. The number of rotatable bonds is 4. The Morgan fingerprint density at radius 3 is 2.52 bits per heavy atom. The van der Waals surface area contributed by atoms with Crippen LogP contribution < -0.4 is 15.4 Å². The molecule has 0 spiro atoms. The van der Waals surface area contributed by atoms with Gasteiger partial charge in [0.1, 0.15) is 11.5 Å². The summed E-state index contributed by atoms with van der Waals surface area (Å²) in [6, 6.07) is 13.4. The van der Waals surface area contributed by atoms with Crippen molar-refractivity contribution in [3.05, 3.63) is 54.1 Å². The Morgan fingerprint density at radius 2 is 1.90 bits per heavy atom. The topological polar surface area (TPSA) is 70.6 Å². The van der Waals surface area contributed by atoms with Gasteiger partial charge < -0.3 is 20.5 Å². The first-order valence-electron chi connectivity index (χ1n) is 6.59. The zero-order valence-electron chi connectivity index (χ0n) is 12.0. The number of methoxy groups -OCH3 is 1. The standard InChI is InChI=1S/C16H18N2O3/c1-11(12-6-8-15(21-2)9-7-12)17-16(20)18-13-4-3-5-14(19)10-13/h3-11,19H,1-2H3,(H2,17,18,20). The fourth-order valence-electron chi connectivity index (χ4n) is 1.92. The van der Waals surface area contributed by atoms with E-state index in [1.807, 2.05) is 31.2 Å². The average molecular weight is 286 g/mol. The lowest BCUT2D eigenvalue weighted by molar-refractivity contribution is 0.249. The summed E-state index contributed by atoms with van der Waals surface area (Å²) in [5.74, 6) is 0.881. The van der Waals surface area contributed by atoms with Gasteiger partial charge in [0.05, 0.1) is 13.2 Å². The van der Waals surface area contributed by atoms with Crippen LogP contribution >= 0.6 is 0 Å². The number of amides is 2. The van der Waals surface area contributed by atoms with Crippen LogP contribution in [0.15, 0.2) is 48.5 Å². The van der Waals surface area contributed by atoms with E-state index in [1.165, 1.54) is 6.07 Å². The monoisotopic (exact) mass is 286 g/mol. The molecule has 0 aliphatic rings. The quantitative estimate of drug-likeness (QED) is 0.807. The Balaban J connectivity index is 1.95. The van der Waals surface area contributed by atoms with Crippen molar-refractivity contribution in [2.45, 2.75) is 13.0 Å². The van der Waals surface area contributed by atoms with Crippen molar-refractivity contribution in [1.29, 1.82) is 0 Å². The predicted molar refractivity (Wildman–Crippen MR) is 81.7 cm³/mol. The number of phenols is 1. The zero-order chi connectivity index (χ0) is 15.2. The van der Waals surface area contributed by atoms with E-state index in [2.05, 4.69) is 10.6 Å². The Morgan fingerprint density at radius 1 is 1.19 bits per heavy atom. The van der Waals surface area contributed by atoms with E-state index < -0.39 is 0 Å². The highest BCUT2D eigenvalue weighted by atomic mass is 16.5. The number of carbonyl (C=O) groups is 1. The van der Waals surface area contributed by atoms with Crippen LogP contribution in [-0.2, 0) is 0 Å². The lowest BCUT2D eigenvalue weighted by Gasteiger charge is -2.15. The summed E-state index contributed by atoms with van der Waals surface area (Å²) >= 11 is 0. The minimum atomic E-state index is -0.330. The van der Waals surface area contributed by atoms with Crippen LogP contribution in [0.1, 0.15) is 18.5 Å². The molecule has 3 N–H and O–H groups in total. The minimum absolute atomic E-state index is 0.107. The molecule has 21 heavy (non-hydrogen) atoms. The Bertz CT molecular complexity index is 611. The van der Waals surface area contributed by atoms with Gasteiger partial charge in [-0.05, 0) is 36.8 Å². The Kier molecular flexibility index (Phi) is 4.66. The second-order valence-corrected chi connectivity index (χ2v) is 4.64. The van der Waals surface area contributed by atoms with Crippen LogP contribution in [0.2, 0.25) is 0 Å². The summed E-state index contributed by atoms with van der Waals surface area (Å²) in [5, 5.41) is 14.9. The number of hydrogen-bond donors (Lipinski definition) is 3. The smallest absolute Gasteiger partial charge is 0.319 e. The summed E-state index contributed by atoms with van der Waals surface area (Å²) < 4.78 is 5.10. The summed E-state index contributed by atoms with van der Waals surface area (Å²) in [7, 11) is 1.61. The average Bonchev–Trinajstić information content (AvgIpc) is 2.47. The molecule has 0 saturated carbocycles. The molecule has 2 rings (SSSR count). The van der Waals surface area contributed by atoms with Gasteiger partial charge in [0.15, 0.2) is 0 Å². The Labute approximate surface area is 123 Å². The molecule has 0 aliphatic carbocycles. The molecule has 0 aromatic heterocycles. The fourth-order valence-corrected chi connectivity index (χ4v) is 1.92. The maximum atomic E-state index is 11.9. The number of phenolic OH excluding ortho intramolecular Hbond substituents is 1. The van der Waals surface area contributed by atoms with E-state index in [0.717, 1.165) is 11.3 Å². The zero-order valence-corrected chi connectivity index (χ0v) is 12.0. The summed E-state index contributed by atoms with van der Waals surface area (Å²) in [4.78, 5) is 11.9. The molecule has 1 atom stereocenters. The largest absolute Gasteiger partial charge is 0.508 e. The summed E-state index contributed by atoms with van der Waals surface area (Å²) in [6.45, 7) is 1.89.